The van der Waals surface area contributed by atoms with Crippen LogP contribution in [0.25, 0.3) is 0 Å². The summed E-state index contributed by atoms with van der Waals surface area (Å²) in [7, 11) is 0. The summed E-state index contributed by atoms with van der Waals surface area (Å²) in [6.07, 6.45) is -0.816. The number of amides is 1. The lowest BCUT2D eigenvalue weighted by atomic mass is 10.0. The Kier molecular flexibility index (Phi) is 9.49. The standard InChI is InChI=1S/C26H26F3IN2O2/c27-20-10-18(11-21(28)14-20)13-24(31)25(33)16-32(15-17-4-3-6-22(30)12-17)26(34)9-8-19-5-1-2-7-23(19)29/h1-7,10-12,14,24-25,33H,8-9,13,15-16,31H2/t24-,25+/m0/s1. The second-order valence-electron chi connectivity index (χ2n) is 8.21. The van der Waals surface area contributed by atoms with E-state index in [0.717, 1.165) is 15.2 Å². The molecular weight excluding hydrogens is 556 g/mol. The Morgan fingerprint density at radius 1 is 0.971 bits per heavy atom. The van der Waals surface area contributed by atoms with Crippen LogP contribution in [0, 0.1) is 21.0 Å². The zero-order chi connectivity index (χ0) is 24.7. The average molecular weight is 582 g/mol. The molecule has 0 heterocycles. The van der Waals surface area contributed by atoms with Gasteiger partial charge in [-0.05, 0) is 82.5 Å². The Balaban J connectivity index is 1.71. The molecule has 3 aromatic carbocycles. The summed E-state index contributed by atoms with van der Waals surface area (Å²) < 4.78 is 42.0. The molecule has 3 aromatic rings. The van der Waals surface area contributed by atoms with Gasteiger partial charge in [0.05, 0.1) is 6.10 Å². The SMILES string of the molecule is N[C@@H](Cc1cc(F)cc(F)c1)[C@H](O)CN(Cc1cccc(I)c1)C(=O)CCc1ccccc1F. The van der Waals surface area contributed by atoms with Crippen LogP contribution in [0.15, 0.2) is 66.7 Å². The number of aryl methyl sites for hydroxylation is 1. The van der Waals surface area contributed by atoms with E-state index < -0.39 is 23.8 Å². The van der Waals surface area contributed by atoms with Gasteiger partial charge in [-0.2, -0.15) is 0 Å². The zero-order valence-electron chi connectivity index (χ0n) is 18.4. The minimum absolute atomic E-state index is 0.0380. The van der Waals surface area contributed by atoms with Crippen molar-refractivity contribution in [1.82, 2.24) is 4.90 Å². The van der Waals surface area contributed by atoms with Crippen LogP contribution in [0.5, 0.6) is 0 Å². The van der Waals surface area contributed by atoms with Crippen molar-refractivity contribution in [3.05, 3.63) is 104 Å². The number of rotatable bonds is 10. The van der Waals surface area contributed by atoms with Crippen LogP contribution < -0.4 is 5.73 Å². The Labute approximate surface area is 210 Å². The van der Waals surface area contributed by atoms with Crippen LogP contribution in [0.4, 0.5) is 13.2 Å². The van der Waals surface area contributed by atoms with E-state index in [1.807, 2.05) is 24.3 Å². The van der Waals surface area contributed by atoms with Gasteiger partial charge in [-0.25, -0.2) is 13.2 Å². The van der Waals surface area contributed by atoms with Crippen molar-refractivity contribution in [2.45, 2.75) is 38.0 Å². The summed E-state index contributed by atoms with van der Waals surface area (Å²) in [4.78, 5) is 14.6. The molecule has 0 saturated carbocycles. The summed E-state index contributed by atoms with van der Waals surface area (Å²) in [6.45, 7) is 0.172. The van der Waals surface area contributed by atoms with E-state index in [2.05, 4.69) is 22.6 Å². The van der Waals surface area contributed by atoms with Gasteiger partial charge in [-0.3, -0.25) is 4.79 Å². The fraction of sp³-hybridized carbons (Fsp3) is 0.269. The van der Waals surface area contributed by atoms with E-state index in [0.29, 0.717) is 11.1 Å². The molecule has 34 heavy (non-hydrogen) atoms. The minimum atomic E-state index is -1.13. The molecule has 0 aromatic heterocycles. The first kappa shape index (κ1) is 26.2. The fourth-order valence-corrected chi connectivity index (χ4v) is 4.32. The molecule has 2 atom stereocenters. The highest BCUT2D eigenvalue weighted by Crippen LogP contribution is 2.16. The van der Waals surface area contributed by atoms with E-state index in [-0.39, 0.29) is 44.1 Å². The molecule has 0 bridgehead atoms. The number of carbonyl (C=O) groups is 1. The number of halogens is 4. The molecule has 0 aliphatic heterocycles. The summed E-state index contributed by atoms with van der Waals surface area (Å²) in [5.74, 6) is -2.07. The van der Waals surface area contributed by atoms with Crippen molar-refractivity contribution >= 4 is 28.5 Å². The van der Waals surface area contributed by atoms with Gasteiger partial charge in [0.2, 0.25) is 5.91 Å². The topological polar surface area (TPSA) is 66.6 Å². The molecule has 0 aliphatic carbocycles. The van der Waals surface area contributed by atoms with Crippen molar-refractivity contribution in [2.75, 3.05) is 6.54 Å². The van der Waals surface area contributed by atoms with Gasteiger partial charge < -0.3 is 15.7 Å². The highest BCUT2D eigenvalue weighted by Gasteiger charge is 2.23. The van der Waals surface area contributed by atoms with E-state index in [4.69, 9.17) is 5.73 Å². The van der Waals surface area contributed by atoms with Gasteiger partial charge in [0.25, 0.3) is 0 Å². The predicted molar refractivity (Wildman–Crippen MR) is 133 cm³/mol. The van der Waals surface area contributed by atoms with Crippen molar-refractivity contribution in [2.24, 2.45) is 5.73 Å². The number of hydrogen-bond donors (Lipinski definition) is 2. The molecule has 1 amide bonds. The van der Waals surface area contributed by atoms with Gasteiger partial charge in [0.1, 0.15) is 17.5 Å². The highest BCUT2D eigenvalue weighted by atomic mass is 127. The Morgan fingerprint density at radius 3 is 2.35 bits per heavy atom. The largest absolute Gasteiger partial charge is 0.390 e. The molecule has 0 radical (unpaired) electrons. The quantitative estimate of drug-likeness (QED) is 0.344. The molecule has 3 rings (SSSR count). The van der Waals surface area contributed by atoms with Crippen LogP contribution in [0.1, 0.15) is 23.1 Å². The lowest BCUT2D eigenvalue weighted by molar-refractivity contribution is -0.133. The molecule has 0 fully saturated rings. The highest BCUT2D eigenvalue weighted by molar-refractivity contribution is 14.1. The molecule has 8 heteroatoms. The summed E-state index contributed by atoms with van der Waals surface area (Å²) in [5, 5.41) is 10.7. The van der Waals surface area contributed by atoms with Crippen LogP contribution in [-0.2, 0) is 24.2 Å². The molecule has 180 valence electrons. The van der Waals surface area contributed by atoms with E-state index in [1.54, 1.807) is 18.2 Å². The molecule has 0 unspecified atom stereocenters. The first-order valence-electron chi connectivity index (χ1n) is 10.9. The van der Waals surface area contributed by atoms with E-state index in [1.165, 1.54) is 23.1 Å². The minimum Gasteiger partial charge on any atom is -0.390 e. The van der Waals surface area contributed by atoms with E-state index >= 15 is 0 Å². The van der Waals surface area contributed by atoms with Crippen LogP contribution in [0.2, 0.25) is 0 Å². The van der Waals surface area contributed by atoms with Gasteiger partial charge in [0.15, 0.2) is 0 Å². The van der Waals surface area contributed by atoms with Gasteiger partial charge >= 0.3 is 0 Å². The second-order valence-corrected chi connectivity index (χ2v) is 9.45. The number of aliphatic hydroxyl groups is 1. The van der Waals surface area contributed by atoms with Crippen LogP contribution >= 0.6 is 22.6 Å². The molecular formula is C26H26F3IN2O2. The second kappa shape index (κ2) is 12.3. The summed E-state index contributed by atoms with van der Waals surface area (Å²) >= 11 is 2.18. The van der Waals surface area contributed by atoms with Crippen molar-refractivity contribution in [1.29, 1.82) is 0 Å². The number of nitrogens with zero attached hydrogens (tertiary/aromatic N) is 1. The van der Waals surface area contributed by atoms with Gasteiger partial charge in [-0.1, -0.05) is 30.3 Å². The first-order chi connectivity index (χ1) is 16.2. The maximum absolute atomic E-state index is 14.0. The normalized spacial score (nSPS) is 12.9. The number of carbonyl (C=O) groups excluding carboxylic acids is 1. The third-order valence-electron chi connectivity index (χ3n) is 5.48. The fourth-order valence-electron chi connectivity index (χ4n) is 3.71. The zero-order valence-corrected chi connectivity index (χ0v) is 20.6. The molecule has 0 saturated heterocycles. The predicted octanol–water partition coefficient (Wildman–Crippen LogP) is 4.60. The van der Waals surface area contributed by atoms with Gasteiger partial charge in [0, 0.05) is 35.2 Å². The average Bonchev–Trinajstić information content (AvgIpc) is 2.77. The summed E-state index contributed by atoms with van der Waals surface area (Å²) in [5.41, 5.74) is 7.75. The first-order valence-corrected chi connectivity index (χ1v) is 11.9. The molecule has 0 aliphatic rings. The lowest BCUT2D eigenvalue weighted by Crippen LogP contribution is -2.46. The number of benzene rings is 3. The molecule has 4 nitrogen and oxygen atoms in total. The van der Waals surface area contributed by atoms with Crippen molar-refractivity contribution < 1.29 is 23.1 Å². The Bertz CT molecular complexity index is 1110. The van der Waals surface area contributed by atoms with Crippen LogP contribution in [0.3, 0.4) is 0 Å². The Morgan fingerprint density at radius 2 is 1.68 bits per heavy atom. The smallest absolute Gasteiger partial charge is 0.223 e. The van der Waals surface area contributed by atoms with Crippen LogP contribution in [-0.4, -0.2) is 34.6 Å². The van der Waals surface area contributed by atoms with Crippen molar-refractivity contribution in [3.63, 3.8) is 0 Å². The maximum Gasteiger partial charge on any atom is 0.223 e. The van der Waals surface area contributed by atoms with E-state index in [9.17, 15) is 23.1 Å². The molecule has 3 N–H and O–H groups in total. The number of hydrogen-bond acceptors (Lipinski definition) is 3. The third kappa shape index (κ3) is 7.82. The Hall–Kier alpha value is -2.43. The number of aliphatic hydroxyl groups excluding tert-OH is 1. The monoisotopic (exact) mass is 582 g/mol. The third-order valence-corrected chi connectivity index (χ3v) is 6.15. The maximum atomic E-state index is 14.0. The van der Waals surface area contributed by atoms with Gasteiger partial charge in [-0.15, -0.1) is 0 Å². The van der Waals surface area contributed by atoms with Crippen molar-refractivity contribution in [3.8, 4) is 0 Å². The summed E-state index contributed by atoms with van der Waals surface area (Å²) in [6, 6.07) is 16.1. The molecule has 0 spiro atoms. The number of nitrogens with two attached hydrogens (primary N) is 1. The lowest BCUT2D eigenvalue weighted by Gasteiger charge is -2.28.